The van der Waals surface area contributed by atoms with Crippen LogP contribution in [0.3, 0.4) is 0 Å². The standard InChI is InChI=1S/C21H25ClFN5O2/c1-11(2)30-21(29)13-5-3-4-6-17(13)27-20-16(23)10-26-19(28-20)15-9-25-18-14(15)7-12(22)8-24-18/h7-11,13,17,21,29H,3-6H2,1-2H3,(H,24,25)(H,26,27,28)/t13?,17-,21+/m0/s1. The highest BCUT2D eigenvalue weighted by Crippen LogP contribution is 2.32. The Morgan fingerprint density at radius 2 is 2.07 bits per heavy atom. The highest BCUT2D eigenvalue weighted by molar-refractivity contribution is 6.31. The van der Waals surface area contributed by atoms with Gasteiger partial charge in [0.15, 0.2) is 23.7 Å². The van der Waals surface area contributed by atoms with E-state index in [2.05, 4.69) is 25.3 Å². The van der Waals surface area contributed by atoms with E-state index >= 15 is 0 Å². The van der Waals surface area contributed by atoms with Crippen LogP contribution in [0.25, 0.3) is 22.4 Å². The summed E-state index contributed by atoms with van der Waals surface area (Å²) in [5.41, 5.74) is 1.34. The Bertz CT molecular complexity index is 1030. The van der Waals surface area contributed by atoms with Crippen LogP contribution in [0.5, 0.6) is 0 Å². The lowest BCUT2D eigenvalue weighted by Crippen LogP contribution is -2.42. The summed E-state index contributed by atoms with van der Waals surface area (Å²) >= 11 is 6.08. The molecule has 1 aliphatic rings. The fourth-order valence-corrected chi connectivity index (χ4v) is 4.15. The van der Waals surface area contributed by atoms with Crippen LogP contribution in [0.4, 0.5) is 10.2 Å². The molecule has 160 valence electrons. The molecule has 3 atom stereocenters. The van der Waals surface area contributed by atoms with Gasteiger partial charge in [0.2, 0.25) is 0 Å². The molecule has 30 heavy (non-hydrogen) atoms. The Labute approximate surface area is 179 Å². The minimum absolute atomic E-state index is 0.0905. The smallest absolute Gasteiger partial charge is 0.183 e. The van der Waals surface area contributed by atoms with E-state index in [1.54, 1.807) is 18.5 Å². The van der Waals surface area contributed by atoms with Gasteiger partial charge in [0.05, 0.1) is 17.3 Å². The topological polar surface area (TPSA) is 96.0 Å². The molecule has 0 aromatic carbocycles. The van der Waals surface area contributed by atoms with Gasteiger partial charge in [-0.2, -0.15) is 0 Å². The van der Waals surface area contributed by atoms with Gasteiger partial charge in [0.1, 0.15) is 5.65 Å². The number of H-pyrrole nitrogens is 1. The van der Waals surface area contributed by atoms with E-state index in [-0.39, 0.29) is 23.9 Å². The maximum atomic E-state index is 14.6. The highest BCUT2D eigenvalue weighted by Gasteiger charge is 2.33. The molecule has 0 amide bonds. The van der Waals surface area contributed by atoms with Gasteiger partial charge in [-0.3, -0.25) is 0 Å². The van der Waals surface area contributed by atoms with Crippen molar-refractivity contribution in [1.82, 2.24) is 19.9 Å². The average molecular weight is 434 g/mol. The number of aromatic amines is 1. The van der Waals surface area contributed by atoms with Crippen LogP contribution in [0.2, 0.25) is 5.02 Å². The number of fused-ring (bicyclic) bond motifs is 1. The van der Waals surface area contributed by atoms with E-state index in [0.29, 0.717) is 22.1 Å². The van der Waals surface area contributed by atoms with Crippen molar-refractivity contribution < 1.29 is 14.2 Å². The Hall–Kier alpha value is -2.29. The molecular weight excluding hydrogens is 409 g/mol. The van der Waals surface area contributed by atoms with Crippen LogP contribution < -0.4 is 5.32 Å². The van der Waals surface area contributed by atoms with Crippen molar-refractivity contribution in [1.29, 1.82) is 0 Å². The molecule has 3 aromatic rings. The van der Waals surface area contributed by atoms with Crippen LogP contribution in [0, 0.1) is 11.7 Å². The molecule has 0 spiro atoms. The number of anilines is 1. The quantitative estimate of drug-likeness (QED) is 0.494. The summed E-state index contributed by atoms with van der Waals surface area (Å²) in [5.74, 6) is -0.216. The predicted molar refractivity (Wildman–Crippen MR) is 114 cm³/mol. The number of aliphatic hydroxyl groups excluding tert-OH is 1. The molecule has 1 aliphatic carbocycles. The Morgan fingerprint density at radius 3 is 2.87 bits per heavy atom. The van der Waals surface area contributed by atoms with Crippen LogP contribution in [-0.4, -0.2) is 43.5 Å². The molecule has 0 aliphatic heterocycles. The first-order valence-corrected chi connectivity index (χ1v) is 10.6. The van der Waals surface area contributed by atoms with Gasteiger partial charge in [-0.05, 0) is 32.8 Å². The number of pyridine rings is 1. The molecule has 1 saturated carbocycles. The Kier molecular flexibility index (Phi) is 6.17. The first kappa shape index (κ1) is 21.0. The fraction of sp³-hybridized carbons (Fsp3) is 0.476. The number of halogens is 2. The lowest BCUT2D eigenvalue weighted by Gasteiger charge is -2.36. The summed E-state index contributed by atoms with van der Waals surface area (Å²) in [6.07, 6.45) is 7.04. The van der Waals surface area contributed by atoms with Crippen molar-refractivity contribution in [2.75, 3.05) is 5.32 Å². The molecule has 7 nitrogen and oxygen atoms in total. The number of nitrogens with zero attached hydrogens (tertiary/aromatic N) is 3. The molecule has 3 aromatic heterocycles. The largest absolute Gasteiger partial charge is 0.368 e. The molecule has 1 unspecified atom stereocenters. The zero-order chi connectivity index (χ0) is 21.3. The molecule has 0 saturated heterocycles. The van der Waals surface area contributed by atoms with Gasteiger partial charge in [-0.1, -0.05) is 24.4 Å². The van der Waals surface area contributed by atoms with Gasteiger partial charge in [-0.25, -0.2) is 19.3 Å². The maximum Gasteiger partial charge on any atom is 0.183 e. The van der Waals surface area contributed by atoms with E-state index in [1.807, 2.05) is 13.8 Å². The van der Waals surface area contributed by atoms with Gasteiger partial charge in [0.25, 0.3) is 0 Å². The maximum absolute atomic E-state index is 14.6. The van der Waals surface area contributed by atoms with E-state index in [4.69, 9.17) is 16.3 Å². The van der Waals surface area contributed by atoms with E-state index < -0.39 is 12.1 Å². The average Bonchev–Trinajstić information content (AvgIpc) is 3.12. The monoisotopic (exact) mass is 433 g/mol. The first-order chi connectivity index (χ1) is 14.4. The van der Waals surface area contributed by atoms with Crippen molar-refractivity contribution in [2.45, 2.75) is 58.0 Å². The van der Waals surface area contributed by atoms with E-state index in [9.17, 15) is 9.50 Å². The second-order valence-electron chi connectivity index (χ2n) is 7.92. The summed E-state index contributed by atoms with van der Waals surface area (Å²) in [7, 11) is 0. The minimum Gasteiger partial charge on any atom is -0.368 e. The third-order valence-electron chi connectivity index (χ3n) is 5.40. The summed E-state index contributed by atoms with van der Waals surface area (Å²) in [5, 5.41) is 15.0. The number of aliphatic hydroxyl groups is 1. The normalized spacial score (nSPS) is 20.6. The second kappa shape index (κ2) is 8.83. The van der Waals surface area contributed by atoms with Gasteiger partial charge >= 0.3 is 0 Å². The Morgan fingerprint density at radius 1 is 1.27 bits per heavy atom. The van der Waals surface area contributed by atoms with E-state index in [1.165, 1.54) is 0 Å². The van der Waals surface area contributed by atoms with Crippen molar-refractivity contribution in [3.63, 3.8) is 0 Å². The molecule has 0 bridgehead atoms. The number of hydrogen-bond acceptors (Lipinski definition) is 6. The highest BCUT2D eigenvalue weighted by atomic mass is 35.5. The fourth-order valence-electron chi connectivity index (χ4n) is 4.00. The minimum atomic E-state index is -0.908. The predicted octanol–water partition coefficient (Wildman–Crippen LogP) is 4.53. The zero-order valence-electron chi connectivity index (χ0n) is 16.9. The van der Waals surface area contributed by atoms with Crippen LogP contribution in [0.15, 0.2) is 24.7 Å². The number of rotatable bonds is 6. The third kappa shape index (κ3) is 4.40. The Balaban J connectivity index is 1.62. The van der Waals surface area contributed by atoms with Crippen LogP contribution in [-0.2, 0) is 4.74 Å². The third-order valence-corrected chi connectivity index (χ3v) is 5.61. The lowest BCUT2D eigenvalue weighted by molar-refractivity contribution is -0.164. The van der Waals surface area contributed by atoms with E-state index in [0.717, 1.165) is 37.3 Å². The van der Waals surface area contributed by atoms with Gasteiger partial charge in [-0.15, -0.1) is 0 Å². The zero-order valence-corrected chi connectivity index (χ0v) is 17.7. The molecule has 3 N–H and O–H groups in total. The molecule has 1 fully saturated rings. The number of aromatic nitrogens is 4. The molecular formula is C21H25ClFN5O2. The summed E-state index contributed by atoms with van der Waals surface area (Å²) in [6, 6.07) is 1.62. The molecule has 9 heteroatoms. The van der Waals surface area contributed by atoms with Crippen molar-refractivity contribution in [3.8, 4) is 11.4 Å². The summed E-state index contributed by atoms with van der Waals surface area (Å²) in [4.78, 5) is 15.9. The summed E-state index contributed by atoms with van der Waals surface area (Å²) in [6.45, 7) is 3.76. The number of hydrogen-bond donors (Lipinski definition) is 3. The summed E-state index contributed by atoms with van der Waals surface area (Å²) < 4.78 is 20.2. The van der Waals surface area contributed by atoms with Gasteiger partial charge in [0, 0.05) is 35.3 Å². The van der Waals surface area contributed by atoms with Crippen molar-refractivity contribution in [3.05, 3.63) is 35.5 Å². The SMILES string of the molecule is CC(C)O[C@@H](O)C1CCCC[C@@H]1Nc1nc(-c2c[nH]c3ncc(Cl)cc23)ncc1F. The van der Waals surface area contributed by atoms with Crippen LogP contribution >= 0.6 is 11.6 Å². The second-order valence-corrected chi connectivity index (χ2v) is 8.35. The number of nitrogens with one attached hydrogen (secondary N) is 2. The molecule has 3 heterocycles. The molecule has 4 rings (SSSR count). The first-order valence-electron chi connectivity index (χ1n) is 10.2. The number of ether oxygens (including phenoxy) is 1. The van der Waals surface area contributed by atoms with Gasteiger partial charge < -0.3 is 20.1 Å². The van der Waals surface area contributed by atoms with Crippen LogP contribution in [0.1, 0.15) is 39.5 Å². The molecule has 0 radical (unpaired) electrons. The van der Waals surface area contributed by atoms with Crippen molar-refractivity contribution in [2.24, 2.45) is 5.92 Å². The van der Waals surface area contributed by atoms with Crippen molar-refractivity contribution >= 4 is 28.5 Å². The lowest BCUT2D eigenvalue weighted by atomic mass is 9.84.